The smallest absolute Gasteiger partial charge is 0.251 e. The quantitative estimate of drug-likeness (QED) is 0.456. The zero-order valence-electron chi connectivity index (χ0n) is 17.4. The summed E-state index contributed by atoms with van der Waals surface area (Å²) < 4.78 is 13.8. The molecule has 31 heavy (non-hydrogen) atoms. The van der Waals surface area contributed by atoms with Crippen molar-refractivity contribution in [2.45, 2.75) is 38.5 Å². The first kappa shape index (κ1) is 20.2. The minimum atomic E-state index is -0.215. The Hall–Kier alpha value is -2.72. The first-order chi connectivity index (χ1) is 15.0. The second-order valence-corrected chi connectivity index (χ2v) is 9.28. The third-order valence-electron chi connectivity index (χ3n) is 7.01. The molecule has 1 amide bonds. The highest BCUT2D eigenvalue weighted by Crippen LogP contribution is 2.53. The van der Waals surface area contributed by atoms with E-state index in [0.29, 0.717) is 22.8 Å². The maximum atomic E-state index is 13.8. The Balaban J connectivity index is 1.30. The van der Waals surface area contributed by atoms with E-state index in [-0.39, 0.29) is 11.7 Å². The van der Waals surface area contributed by atoms with E-state index in [1.54, 1.807) is 24.3 Å². The summed E-state index contributed by atoms with van der Waals surface area (Å²) in [7, 11) is 0. The third-order valence-corrected chi connectivity index (χ3v) is 7.26. The second kappa shape index (κ2) is 8.08. The number of nitrogens with one attached hydrogen (secondary N) is 1. The topological polar surface area (TPSA) is 42.0 Å². The summed E-state index contributed by atoms with van der Waals surface area (Å²) in [5.74, 6) is 1.33. The summed E-state index contributed by atoms with van der Waals surface area (Å²) in [6, 6.07) is 14.1. The van der Waals surface area contributed by atoms with Gasteiger partial charge in [0.05, 0.1) is 5.52 Å². The second-order valence-electron chi connectivity index (χ2n) is 8.85. The number of aromatic nitrogens is 1. The fourth-order valence-electron chi connectivity index (χ4n) is 5.40. The molecule has 0 saturated heterocycles. The van der Waals surface area contributed by atoms with E-state index in [1.807, 2.05) is 25.3 Å². The summed E-state index contributed by atoms with van der Waals surface area (Å²) in [6.45, 7) is 1.93. The van der Waals surface area contributed by atoms with Crippen LogP contribution >= 0.6 is 11.6 Å². The molecule has 158 valence electrons. The van der Waals surface area contributed by atoms with Crippen LogP contribution in [-0.4, -0.2) is 10.9 Å². The number of nitrogens with zero attached hydrogens (tertiary/aromatic N) is 1. The average molecular weight is 435 g/mol. The van der Waals surface area contributed by atoms with Gasteiger partial charge in [-0.1, -0.05) is 17.2 Å². The first-order valence-corrected chi connectivity index (χ1v) is 11.2. The number of hydrogen-bond acceptors (Lipinski definition) is 2. The van der Waals surface area contributed by atoms with Crippen molar-refractivity contribution in [1.29, 1.82) is 0 Å². The lowest BCUT2D eigenvalue weighted by atomic mass is 9.91. The van der Waals surface area contributed by atoms with Gasteiger partial charge in [-0.3, -0.25) is 9.78 Å². The van der Waals surface area contributed by atoms with E-state index in [1.165, 1.54) is 17.2 Å². The monoisotopic (exact) mass is 434 g/mol. The molecular weight excluding hydrogens is 411 g/mol. The summed E-state index contributed by atoms with van der Waals surface area (Å²) in [4.78, 5) is 17.1. The minimum absolute atomic E-state index is 0.0375. The Labute approximate surface area is 186 Å². The standard InChI is InChI=1S/C26H24ClFN2O/c1-15(26(31)30-22-5-2-20(27)3-6-22)16-10-17-12-19(13-18(17)11-16)23-8-9-29-25-7-4-21(28)14-24(23)25/h2-9,14,17-19H,10-13H2,1H3,(H,30,31)/b16-15-/t17-,18+,19+/m1/s1. The maximum Gasteiger partial charge on any atom is 0.251 e. The van der Waals surface area contributed by atoms with Crippen LogP contribution in [0.25, 0.3) is 10.9 Å². The van der Waals surface area contributed by atoms with Crippen LogP contribution < -0.4 is 5.32 Å². The Kier molecular flexibility index (Phi) is 5.27. The molecule has 3 atom stereocenters. The lowest BCUT2D eigenvalue weighted by Gasteiger charge is -2.15. The number of benzene rings is 2. The zero-order valence-corrected chi connectivity index (χ0v) is 18.1. The third kappa shape index (κ3) is 3.97. The Bertz CT molecular complexity index is 1170. The van der Waals surface area contributed by atoms with Crippen molar-refractivity contribution in [3.05, 3.63) is 82.3 Å². The van der Waals surface area contributed by atoms with Crippen LogP contribution in [-0.2, 0) is 4.79 Å². The van der Waals surface area contributed by atoms with Crippen molar-refractivity contribution in [1.82, 2.24) is 4.98 Å². The largest absolute Gasteiger partial charge is 0.322 e. The molecule has 0 spiro atoms. The molecule has 0 radical (unpaired) electrons. The number of allylic oxidation sites excluding steroid dienone is 1. The van der Waals surface area contributed by atoms with Gasteiger partial charge in [0, 0.05) is 27.9 Å². The first-order valence-electron chi connectivity index (χ1n) is 10.8. The minimum Gasteiger partial charge on any atom is -0.322 e. The molecule has 0 unspecified atom stereocenters. The molecule has 3 nitrogen and oxygen atoms in total. The van der Waals surface area contributed by atoms with E-state index in [0.717, 1.165) is 47.8 Å². The van der Waals surface area contributed by atoms with Gasteiger partial charge >= 0.3 is 0 Å². The van der Waals surface area contributed by atoms with Gasteiger partial charge in [-0.25, -0.2) is 4.39 Å². The van der Waals surface area contributed by atoms with E-state index in [2.05, 4.69) is 16.4 Å². The fourth-order valence-corrected chi connectivity index (χ4v) is 5.53. The van der Waals surface area contributed by atoms with Crippen LogP contribution in [0.15, 0.2) is 65.9 Å². The molecule has 1 heterocycles. The van der Waals surface area contributed by atoms with Gasteiger partial charge < -0.3 is 5.32 Å². The number of fused-ring (bicyclic) bond motifs is 2. The molecule has 2 aliphatic carbocycles. The van der Waals surface area contributed by atoms with E-state index in [9.17, 15) is 9.18 Å². The molecule has 3 aromatic rings. The van der Waals surface area contributed by atoms with Crippen molar-refractivity contribution in [3.63, 3.8) is 0 Å². The number of anilines is 1. The van der Waals surface area contributed by atoms with E-state index >= 15 is 0 Å². The number of rotatable bonds is 3. The van der Waals surface area contributed by atoms with Gasteiger partial charge in [-0.2, -0.15) is 0 Å². The number of hydrogen-bond donors (Lipinski definition) is 1. The van der Waals surface area contributed by atoms with Gasteiger partial charge in [0.1, 0.15) is 5.82 Å². The zero-order chi connectivity index (χ0) is 21.5. The highest BCUT2D eigenvalue weighted by molar-refractivity contribution is 6.30. The van der Waals surface area contributed by atoms with E-state index < -0.39 is 0 Å². The van der Waals surface area contributed by atoms with Crippen LogP contribution in [0.5, 0.6) is 0 Å². The van der Waals surface area contributed by atoms with Crippen molar-refractivity contribution >= 4 is 34.1 Å². The molecule has 2 fully saturated rings. The molecule has 0 aliphatic heterocycles. The summed E-state index contributed by atoms with van der Waals surface area (Å²) in [5, 5.41) is 4.55. The highest BCUT2D eigenvalue weighted by atomic mass is 35.5. The Morgan fingerprint density at radius 2 is 1.77 bits per heavy atom. The van der Waals surface area contributed by atoms with Crippen molar-refractivity contribution < 1.29 is 9.18 Å². The fraction of sp³-hybridized carbons (Fsp3) is 0.308. The number of amides is 1. The maximum absolute atomic E-state index is 13.8. The lowest BCUT2D eigenvalue weighted by molar-refractivity contribution is -0.112. The average Bonchev–Trinajstić information content (AvgIpc) is 3.33. The number of pyridine rings is 1. The molecule has 5 rings (SSSR count). The summed E-state index contributed by atoms with van der Waals surface area (Å²) in [6.07, 6.45) is 5.93. The van der Waals surface area contributed by atoms with Crippen molar-refractivity contribution in [2.75, 3.05) is 5.32 Å². The molecule has 2 saturated carbocycles. The normalized spacial score (nSPS) is 24.3. The Morgan fingerprint density at radius 1 is 1.06 bits per heavy atom. The summed E-state index contributed by atoms with van der Waals surface area (Å²) in [5.41, 5.74) is 4.92. The molecular formula is C26H24ClFN2O. The molecule has 1 N–H and O–H groups in total. The predicted octanol–water partition coefficient (Wildman–Crippen LogP) is 6.89. The molecule has 2 aromatic carbocycles. The van der Waals surface area contributed by atoms with Gasteiger partial charge in [0.25, 0.3) is 5.91 Å². The van der Waals surface area contributed by atoms with Crippen molar-refractivity contribution in [3.8, 4) is 0 Å². The van der Waals surface area contributed by atoms with E-state index in [4.69, 9.17) is 11.6 Å². The number of halogens is 2. The SMILES string of the molecule is C/C(C(=O)Nc1ccc(Cl)cc1)=C1\C[C@@H]2C[C@H](c3ccnc4ccc(F)cc34)C[C@@H]2C1. The van der Waals surface area contributed by atoms with Crippen LogP contribution in [0, 0.1) is 17.7 Å². The highest BCUT2D eigenvalue weighted by Gasteiger charge is 2.41. The molecule has 1 aromatic heterocycles. The molecule has 0 bridgehead atoms. The van der Waals surface area contributed by atoms with Crippen LogP contribution in [0.4, 0.5) is 10.1 Å². The Morgan fingerprint density at radius 3 is 2.48 bits per heavy atom. The molecule has 5 heteroatoms. The number of carbonyl (C=O) groups is 1. The molecule has 2 aliphatic rings. The lowest BCUT2D eigenvalue weighted by Crippen LogP contribution is -2.14. The van der Waals surface area contributed by atoms with Gasteiger partial charge in [0.15, 0.2) is 0 Å². The van der Waals surface area contributed by atoms with Gasteiger partial charge in [-0.15, -0.1) is 0 Å². The van der Waals surface area contributed by atoms with Crippen molar-refractivity contribution in [2.24, 2.45) is 11.8 Å². The predicted molar refractivity (Wildman–Crippen MR) is 123 cm³/mol. The van der Waals surface area contributed by atoms with Gasteiger partial charge in [0.2, 0.25) is 0 Å². The van der Waals surface area contributed by atoms with Gasteiger partial charge in [-0.05, 0) is 104 Å². The summed E-state index contributed by atoms with van der Waals surface area (Å²) >= 11 is 5.92. The number of carbonyl (C=O) groups excluding carboxylic acids is 1. The van der Waals surface area contributed by atoms with Crippen LogP contribution in [0.2, 0.25) is 5.02 Å². The van der Waals surface area contributed by atoms with Crippen LogP contribution in [0.1, 0.15) is 44.1 Å². The van der Waals surface area contributed by atoms with Crippen LogP contribution in [0.3, 0.4) is 0 Å².